The van der Waals surface area contributed by atoms with Crippen LogP contribution in [0.3, 0.4) is 0 Å². The standard InChI is InChI=1S/C15H22N6OS/c22-15(11-21-9-7-16-19-21)6-3-8-20(10-15)14-17-13(18-23-14)12-4-1-2-5-12/h7,9,12,22H,1-6,8,10-11H2/t15-/m0/s1. The van der Waals surface area contributed by atoms with Crippen LogP contribution in [0.5, 0.6) is 0 Å². The molecule has 1 saturated heterocycles. The van der Waals surface area contributed by atoms with E-state index >= 15 is 0 Å². The van der Waals surface area contributed by atoms with Crippen molar-refractivity contribution in [3.8, 4) is 0 Å². The lowest BCUT2D eigenvalue weighted by Gasteiger charge is -2.38. The van der Waals surface area contributed by atoms with Gasteiger partial charge in [-0.25, -0.2) is 9.67 Å². The third-order valence-electron chi connectivity index (χ3n) is 4.91. The molecule has 1 atom stereocenters. The van der Waals surface area contributed by atoms with Crippen molar-refractivity contribution in [2.24, 2.45) is 0 Å². The summed E-state index contributed by atoms with van der Waals surface area (Å²) in [7, 11) is 0. The molecule has 2 aliphatic rings. The molecule has 7 nitrogen and oxygen atoms in total. The molecule has 1 aliphatic carbocycles. The largest absolute Gasteiger partial charge is 0.386 e. The fourth-order valence-electron chi connectivity index (χ4n) is 3.73. The highest BCUT2D eigenvalue weighted by Gasteiger charge is 2.35. The predicted octanol–water partition coefficient (Wildman–Crippen LogP) is 1.82. The molecule has 2 aromatic rings. The summed E-state index contributed by atoms with van der Waals surface area (Å²) in [6.45, 7) is 1.98. The van der Waals surface area contributed by atoms with E-state index < -0.39 is 5.60 Å². The van der Waals surface area contributed by atoms with Crippen LogP contribution in [0.25, 0.3) is 0 Å². The van der Waals surface area contributed by atoms with E-state index in [1.807, 2.05) is 0 Å². The fraction of sp³-hybridized carbons (Fsp3) is 0.733. The maximum atomic E-state index is 10.9. The van der Waals surface area contributed by atoms with Crippen molar-refractivity contribution in [3.05, 3.63) is 18.2 Å². The number of aromatic nitrogens is 5. The SMILES string of the molecule is O[C@@]1(Cn2ccnn2)CCCN(c2nc(C3CCCC3)ns2)C1. The molecule has 124 valence electrons. The Hall–Kier alpha value is -1.54. The zero-order chi connectivity index (χ0) is 15.7. The molecule has 4 rings (SSSR count). The summed E-state index contributed by atoms with van der Waals surface area (Å²) in [5.41, 5.74) is -0.787. The second-order valence-electron chi connectivity index (χ2n) is 6.77. The van der Waals surface area contributed by atoms with Gasteiger partial charge < -0.3 is 10.0 Å². The zero-order valence-electron chi connectivity index (χ0n) is 13.1. The number of β-amino-alcohol motifs (C(OH)–C–C–N with tert-alkyl or cyclic N) is 1. The summed E-state index contributed by atoms with van der Waals surface area (Å²) in [6, 6.07) is 0. The van der Waals surface area contributed by atoms with E-state index in [9.17, 15) is 5.11 Å². The number of piperidine rings is 1. The second kappa shape index (κ2) is 6.16. The van der Waals surface area contributed by atoms with E-state index in [4.69, 9.17) is 4.98 Å². The van der Waals surface area contributed by atoms with Gasteiger partial charge in [0.2, 0.25) is 5.13 Å². The smallest absolute Gasteiger partial charge is 0.205 e. The second-order valence-corrected chi connectivity index (χ2v) is 7.50. The fourth-order valence-corrected chi connectivity index (χ4v) is 4.50. The molecule has 0 bridgehead atoms. The quantitative estimate of drug-likeness (QED) is 0.919. The maximum absolute atomic E-state index is 10.9. The molecular formula is C15H22N6OS. The first-order valence-corrected chi connectivity index (χ1v) is 9.14. The molecule has 0 unspecified atom stereocenters. The third kappa shape index (κ3) is 3.23. The molecule has 23 heavy (non-hydrogen) atoms. The number of anilines is 1. The van der Waals surface area contributed by atoms with Gasteiger partial charge in [0, 0.05) is 30.2 Å². The van der Waals surface area contributed by atoms with Gasteiger partial charge in [-0.2, -0.15) is 4.37 Å². The first-order valence-electron chi connectivity index (χ1n) is 8.37. The lowest BCUT2D eigenvalue weighted by molar-refractivity contribution is 0.00602. The van der Waals surface area contributed by atoms with Crippen LogP contribution in [0, 0.1) is 0 Å². The highest BCUT2D eigenvalue weighted by molar-refractivity contribution is 7.09. The Bertz CT molecular complexity index is 638. The summed E-state index contributed by atoms with van der Waals surface area (Å²) in [5.74, 6) is 1.55. The minimum atomic E-state index is -0.787. The van der Waals surface area contributed by atoms with Crippen molar-refractivity contribution in [3.63, 3.8) is 0 Å². The van der Waals surface area contributed by atoms with Crippen LogP contribution in [-0.2, 0) is 6.54 Å². The molecule has 2 fully saturated rings. The van der Waals surface area contributed by atoms with Crippen LogP contribution in [0.1, 0.15) is 50.3 Å². The van der Waals surface area contributed by atoms with Crippen LogP contribution in [0.2, 0.25) is 0 Å². The number of aliphatic hydroxyl groups is 1. The van der Waals surface area contributed by atoms with Crippen LogP contribution in [0.15, 0.2) is 12.4 Å². The Kier molecular flexibility index (Phi) is 4.02. The lowest BCUT2D eigenvalue weighted by atomic mass is 9.93. The molecular weight excluding hydrogens is 312 g/mol. The summed E-state index contributed by atoms with van der Waals surface area (Å²) >= 11 is 1.47. The van der Waals surface area contributed by atoms with Gasteiger partial charge in [-0.1, -0.05) is 18.1 Å². The molecule has 8 heteroatoms. The lowest BCUT2D eigenvalue weighted by Crippen LogP contribution is -2.50. The Morgan fingerprint density at radius 2 is 2.17 bits per heavy atom. The monoisotopic (exact) mass is 334 g/mol. The molecule has 0 aromatic carbocycles. The Morgan fingerprint density at radius 1 is 1.30 bits per heavy atom. The molecule has 1 aliphatic heterocycles. The molecule has 2 aromatic heterocycles. The summed E-state index contributed by atoms with van der Waals surface area (Å²) < 4.78 is 6.28. The molecule has 0 spiro atoms. The van der Waals surface area contributed by atoms with E-state index in [1.165, 1.54) is 37.2 Å². The van der Waals surface area contributed by atoms with Gasteiger partial charge >= 0.3 is 0 Å². The van der Waals surface area contributed by atoms with Gasteiger partial charge in [-0.05, 0) is 25.7 Å². The van der Waals surface area contributed by atoms with Crippen LogP contribution in [-0.4, -0.2) is 48.1 Å². The Morgan fingerprint density at radius 3 is 2.96 bits per heavy atom. The van der Waals surface area contributed by atoms with Crippen molar-refractivity contribution in [2.75, 3.05) is 18.0 Å². The van der Waals surface area contributed by atoms with E-state index in [0.717, 1.165) is 30.3 Å². The Labute approximate surface area is 139 Å². The zero-order valence-corrected chi connectivity index (χ0v) is 14.0. The average molecular weight is 334 g/mol. The third-order valence-corrected chi connectivity index (χ3v) is 5.70. The number of hydrogen-bond acceptors (Lipinski definition) is 7. The van der Waals surface area contributed by atoms with Gasteiger partial charge in [0.05, 0.1) is 19.3 Å². The van der Waals surface area contributed by atoms with Crippen molar-refractivity contribution in [2.45, 2.75) is 56.6 Å². The van der Waals surface area contributed by atoms with Crippen LogP contribution >= 0.6 is 11.5 Å². The number of nitrogens with zero attached hydrogens (tertiary/aromatic N) is 6. The topological polar surface area (TPSA) is 80.0 Å². The Balaban J connectivity index is 1.46. The van der Waals surface area contributed by atoms with Crippen LogP contribution in [0.4, 0.5) is 5.13 Å². The number of rotatable bonds is 4. The van der Waals surface area contributed by atoms with E-state index in [0.29, 0.717) is 19.0 Å². The van der Waals surface area contributed by atoms with Crippen molar-refractivity contribution < 1.29 is 5.11 Å². The maximum Gasteiger partial charge on any atom is 0.205 e. The highest BCUT2D eigenvalue weighted by atomic mass is 32.1. The van der Waals surface area contributed by atoms with E-state index in [1.54, 1.807) is 17.1 Å². The number of hydrogen-bond donors (Lipinski definition) is 1. The summed E-state index contributed by atoms with van der Waals surface area (Å²) in [4.78, 5) is 6.94. The van der Waals surface area contributed by atoms with Gasteiger partial charge in [-0.15, -0.1) is 5.10 Å². The molecule has 0 amide bonds. The molecule has 1 N–H and O–H groups in total. The van der Waals surface area contributed by atoms with Crippen LogP contribution < -0.4 is 4.90 Å². The van der Waals surface area contributed by atoms with Crippen molar-refractivity contribution in [1.29, 1.82) is 0 Å². The van der Waals surface area contributed by atoms with Gasteiger partial charge in [0.25, 0.3) is 0 Å². The minimum absolute atomic E-state index is 0.470. The molecule has 1 saturated carbocycles. The normalized spacial score (nSPS) is 26.0. The predicted molar refractivity (Wildman–Crippen MR) is 87.5 cm³/mol. The van der Waals surface area contributed by atoms with Crippen molar-refractivity contribution in [1.82, 2.24) is 24.4 Å². The first kappa shape index (κ1) is 15.0. The highest BCUT2D eigenvalue weighted by Crippen LogP contribution is 2.35. The van der Waals surface area contributed by atoms with Gasteiger partial charge in [-0.3, -0.25) is 0 Å². The molecule has 3 heterocycles. The van der Waals surface area contributed by atoms with E-state index in [-0.39, 0.29) is 0 Å². The van der Waals surface area contributed by atoms with Gasteiger partial charge in [0.1, 0.15) is 11.4 Å². The summed E-state index contributed by atoms with van der Waals surface area (Å²) in [6.07, 6.45) is 10.2. The van der Waals surface area contributed by atoms with Crippen molar-refractivity contribution >= 4 is 16.7 Å². The molecule has 0 radical (unpaired) electrons. The minimum Gasteiger partial charge on any atom is -0.386 e. The summed E-state index contributed by atoms with van der Waals surface area (Å²) in [5, 5.41) is 19.7. The van der Waals surface area contributed by atoms with E-state index in [2.05, 4.69) is 19.6 Å². The average Bonchev–Trinajstić information content (AvgIpc) is 3.29. The first-order chi connectivity index (χ1) is 11.2. The van der Waals surface area contributed by atoms with Gasteiger partial charge in [0.15, 0.2) is 0 Å².